The minimum absolute atomic E-state index is 0.640. The summed E-state index contributed by atoms with van der Waals surface area (Å²) >= 11 is 0. The van der Waals surface area contributed by atoms with E-state index in [-0.39, 0.29) is 0 Å². The molecular formula is C11H26N2. The van der Waals surface area contributed by atoms with Gasteiger partial charge in [0.1, 0.15) is 0 Å². The molecule has 1 N–H and O–H groups in total. The molecule has 0 spiro atoms. The van der Waals surface area contributed by atoms with Crippen molar-refractivity contribution in [3.63, 3.8) is 0 Å². The minimum atomic E-state index is 0.640. The molecular weight excluding hydrogens is 160 g/mol. The molecule has 0 heterocycles. The third kappa shape index (κ3) is 5.27. The van der Waals surface area contributed by atoms with E-state index in [0.717, 1.165) is 13.1 Å². The smallest absolute Gasteiger partial charge is 0.0192 e. The first-order valence-corrected chi connectivity index (χ1v) is 5.56. The van der Waals surface area contributed by atoms with E-state index in [1.165, 1.54) is 12.8 Å². The maximum absolute atomic E-state index is 3.45. The predicted octanol–water partition coefficient (Wildman–Crippen LogP) is 2.10. The largest absolute Gasteiger partial charge is 0.315 e. The highest BCUT2D eigenvalue weighted by molar-refractivity contribution is 4.70. The lowest BCUT2D eigenvalue weighted by atomic mass is 10.2. The molecule has 13 heavy (non-hydrogen) atoms. The number of nitrogens with zero attached hydrogens (tertiary/aromatic N) is 1. The third-order valence-electron chi connectivity index (χ3n) is 2.85. The molecule has 2 heteroatoms. The first-order chi connectivity index (χ1) is 6.13. The summed E-state index contributed by atoms with van der Waals surface area (Å²) in [5.41, 5.74) is 0. The van der Waals surface area contributed by atoms with Crippen molar-refractivity contribution in [2.75, 3.05) is 20.1 Å². The Bertz CT molecular complexity index is 115. The number of nitrogens with one attached hydrogen (secondary N) is 1. The van der Waals surface area contributed by atoms with Crippen LogP contribution in [0, 0.1) is 0 Å². The predicted molar refractivity (Wildman–Crippen MR) is 60.1 cm³/mol. The number of hydrogen-bond donors (Lipinski definition) is 1. The van der Waals surface area contributed by atoms with Gasteiger partial charge in [-0.2, -0.15) is 0 Å². The molecule has 0 fully saturated rings. The zero-order valence-electron chi connectivity index (χ0n) is 9.93. The fourth-order valence-electron chi connectivity index (χ4n) is 1.35. The quantitative estimate of drug-likeness (QED) is 0.613. The van der Waals surface area contributed by atoms with E-state index in [2.05, 4.69) is 45.0 Å². The Balaban J connectivity index is 3.62. The van der Waals surface area contributed by atoms with Crippen LogP contribution < -0.4 is 5.32 Å². The van der Waals surface area contributed by atoms with Crippen LogP contribution in [-0.4, -0.2) is 37.1 Å². The Hall–Kier alpha value is -0.0800. The Kier molecular flexibility index (Phi) is 7.29. The van der Waals surface area contributed by atoms with E-state index in [1.54, 1.807) is 0 Å². The highest BCUT2D eigenvalue weighted by Crippen LogP contribution is 2.04. The summed E-state index contributed by atoms with van der Waals surface area (Å²) in [6.45, 7) is 11.3. The zero-order chi connectivity index (χ0) is 10.3. The van der Waals surface area contributed by atoms with Crippen molar-refractivity contribution in [2.24, 2.45) is 0 Å². The first kappa shape index (κ1) is 12.9. The lowest BCUT2D eigenvalue weighted by Gasteiger charge is -2.30. The molecule has 2 atom stereocenters. The highest BCUT2D eigenvalue weighted by Gasteiger charge is 2.12. The van der Waals surface area contributed by atoms with E-state index in [9.17, 15) is 0 Å². The second-order valence-corrected chi connectivity index (χ2v) is 3.98. The molecule has 0 aliphatic rings. The van der Waals surface area contributed by atoms with Gasteiger partial charge in [0.05, 0.1) is 0 Å². The molecule has 0 aromatic heterocycles. The van der Waals surface area contributed by atoms with Crippen LogP contribution in [0.1, 0.15) is 40.5 Å². The Morgan fingerprint density at radius 1 is 1.15 bits per heavy atom. The molecule has 0 radical (unpaired) electrons. The Labute approximate surface area is 83.7 Å². The van der Waals surface area contributed by atoms with Gasteiger partial charge < -0.3 is 5.32 Å². The van der Waals surface area contributed by atoms with Crippen LogP contribution in [-0.2, 0) is 0 Å². The number of hydrogen-bond acceptors (Lipinski definition) is 2. The number of likely N-dealkylation sites (N-methyl/N-ethyl adjacent to an activating group) is 1. The van der Waals surface area contributed by atoms with Crippen LogP contribution >= 0.6 is 0 Å². The highest BCUT2D eigenvalue weighted by atomic mass is 15.2. The molecule has 0 aliphatic heterocycles. The van der Waals surface area contributed by atoms with Crippen LogP contribution in [0.25, 0.3) is 0 Å². The van der Waals surface area contributed by atoms with Gasteiger partial charge >= 0.3 is 0 Å². The summed E-state index contributed by atoms with van der Waals surface area (Å²) in [6, 6.07) is 1.33. The molecule has 0 bridgehead atoms. The average molecular weight is 186 g/mol. The molecule has 0 rings (SSSR count). The van der Waals surface area contributed by atoms with Crippen molar-refractivity contribution in [1.82, 2.24) is 10.2 Å². The lowest BCUT2D eigenvalue weighted by Crippen LogP contribution is -2.42. The van der Waals surface area contributed by atoms with Gasteiger partial charge in [-0.1, -0.05) is 13.8 Å². The Morgan fingerprint density at radius 3 is 2.23 bits per heavy atom. The van der Waals surface area contributed by atoms with Crippen molar-refractivity contribution >= 4 is 0 Å². The first-order valence-electron chi connectivity index (χ1n) is 5.56. The third-order valence-corrected chi connectivity index (χ3v) is 2.85. The summed E-state index contributed by atoms with van der Waals surface area (Å²) in [7, 11) is 2.21. The van der Waals surface area contributed by atoms with E-state index in [0.29, 0.717) is 12.1 Å². The molecule has 0 saturated carbocycles. The standard InChI is InChI=1S/C11H26N2/c1-6-8-12-9-11(4)13(5)10(3)7-2/h10-12H,6-9H2,1-5H3. The fraction of sp³-hybridized carbons (Fsp3) is 1.00. The number of rotatable bonds is 7. The fourth-order valence-corrected chi connectivity index (χ4v) is 1.35. The Morgan fingerprint density at radius 2 is 1.77 bits per heavy atom. The van der Waals surface area contributed by atoms with Gasteiger partial charge in [0.2, 0.25) is 0 Å². The van der Waals surface area contributed by atoms with Crippen molar-refractivity contribution < 1.29 is 0 Å². The lowest BCUT2D eigenvalue weighted by molar-refractivity contribution is 0.188. The normalized spacial score (nSPS) is 16.2. The van der Waals surface area contributed by atoms with Gasteiger partial charge in [-0.15, -0.1) is 0 Å². The summed E-state index contributed by atoms with van der Waals surface area (Å²) in [5.74, 6) is 0. The molecule has 0 amide bonds. The van der Waals surface area contributed by atoms with Crippen molar-refractivity contribution in [3.8, 4) is 0 Å². The van der Waals surface area contributed by atoms with E-state index in [4.69, 9.17) is 0 Å². The topological polar surface area (TPSA) is 15.3 Å². The van der Waals surface area contributed by atoms with Crippen LogP contribution in [0.2, 0.25) is 0 Å². The second kappa shape index (κ2) is 7.34. The van der Waals surface area contributed by atoms with Gasteiger partial charge in [0.25, 0.3) is 0 Å². The maximum atomic E-state index is 3.45. The molecule has 0 aromatic carbocycles. The van der Waals surface area contributed by atoms with Gasteiger partial charge in [-0.05, 0) is 40.3 Å². The van der Waals surface area contributed by atoms with Crippen molar-refractivity contribution in [1.29, 1.82) is 0 Å². The summed E-state index contributed by atoms with van der Waals surface area (Å²) in [4.78, 5) is 2.45. The van der Waals surface area contributed by atoms with Crippen LogP contribution in [0.4, 0.5) is 0 Å². The van der Waals surface area contributed by atoms with Crippen molar-refractivity contribution in [2.45, 2.75) is 52.6 Å². The van der Waals surface area contributed by atoms with Crippen LogP contribution in [0.3, 0.4) is 0 Å². The summed E-state index contributed by atoms with van der Waals surface area (Å²) in [6.07, 6.45) is 2.45. The SMILES string of the molecule is CCCNCC(C)N(C)C(C)CC. The summed E-state index contributed by atoms with van der Waals surface area (Å²) in [5, 5.41) is 3.45. The molecule has 0 saturated heterocycles. The van der Waals surface area contributed by atoms with Crippen LogP contribution in [0.5, 0.6) is 0 Å². The van der Waals surface area contributed by atoms with Crippen LogP contribution in [0.15, 0.2) is 0 Å². The van der Waals surface area contributed by atoms with Gasteiger partial charge in [0.15, 0.2) is 0 Å². The molecule has 0 aromatic rings. The molecule has 2 nitrogen and oxygen atoms in total. The van der Waals surface area contributed by atoms with Gasteiger partial charge in [0, 0.05) is 18.6 Å². The molecule has 80 valence electrons. The maximum Gasteiger partial charge on any atom is 0.0192 e. The van der Waals surface area contributed by atoms with Gasteiger partial charge in [-0.3, -0.25) is 4.90 Å². The average Bonchev–Trinajstić information content (AvgIpc) is 2.15. The van der Waals surface area contributed by atoms with E-state index < -0.39 is 0 Å². The zero-order valence-corrected chi connectivity index (χ0v) is 9.93. The monoisotopic (exact) mass is 186 g/mol. The molecule has 0 aliphatic carbocycles. The second-order valence-electron chi connectivity index (χ2n) is 3.98. The van der Waals surface area contributed by atoms with E-state index >= 15 is 0 Å². The van der Waals surface area contributed by atoms with Gasteiger partial charge in [-0.25, -0.2) is 0 Å². The minimum Gasteiger partial charge on any atom is -0.315 e. The summed E-state index contributed by atoms with van der Waals surface area (Å²) < 4.78 is 0. The van der Waals surface area contributed by atoms with Crippen molar-refractivity contribution in [3.05, 3.63) is 0 Å². The molecule has 2 unspecified atom stereocenters. The van der Waals surface area contributed by atoms with E-state index in [1.807, 2.05) is 0 Å².